The van der Waals surface area contributed by atoms with Crippen molar-refractivity contribution in [3.63, 3.8) is 0 Å². The summed E-state index contributed by atoms with van der Waals surface area (Å²) in [7, 11) is 0. The van der Waals surface area contributed by atoms with Crippen LogP contribution in [0.5, 0.6) is 0 Å². The second-order valence-electron chi connectivity index (χ2n) is 3.83. The molecule has 1 aromatic carbocycles. The Labute approximate surface area is 105 Å². The molecule has 1 aromatic rings. The molecule has 0 bridgehead atoms. The van der Waals surface area contributed by atoms with E-state index in [0.717, 1.165) is 6.42 Å². The van der Waals surface area contributed by atoms with Gasteiger partial charge in [-0.15, -0.1) is 0 Å². The number of hydrogen-bond donors (Lipinski definition) is 0. The van der Waals surface area contributed by atoms with Crippen LogP contribution >= 0.6 is 0 Å². The van der Waals surface area contributed by atoms with Crippen LogP contribution in [0.4, 0.5) is 0 Å². The minimum absolute atomic E-state index is 0. The van der Waals surface area contributed by atoms with Crippen LogP contribution in [0, 0.1) is 5.92 Å². The fourth-order valence-corrected chi connectivity index (χ4v) is 2.00. The maximum atomic E-state index is 2.39. The molecule has 0 aromatic heterocycles. The summed E-state index contributed by atoms with van der Waals surface area (Å²) in [5.41, 5.74) is 4.53. The van der Waals surface area contributed by atoms with Gasteiger partial charge in [-0.05, 0) is 35.5 Å². The second kappa shape index (κ2) is 5.06. The van der Waals surface area contributed by atoms with Crippen molar-refractivity contribution in [3.05, 3.63) is 41.5 Å². The Morgan fingerprint density at radius 3 is 2.71 bits per heavy atom. The molecule has 0 aliphatic heterocycles. The number of allylic oxidation sites excluding steroid dienone is 2. The molecule has 0 nitrogen and oxygen atoms in total. The molecular weight excluding hydrogens is 335 g/mol. The van der Waals surface area contributed by atoms with Gasteiger partial charge < -0.3 is 0 Å². The topological polar surface area (TPSA) is 0 Å². The molecular formula is C13H16Hf. The van der Waals surface area contributed by atoms with E-state index < -0.39 is 0 Å². The van der Waals surface area contributed by atoms with Crippen LogP contribution in [-0.4, -0.2) is 0 Å². The summed E-state index contributed by atoms with van der Waals surface area (Å²) in [5, 5.41) is 0. The summed E-state index contributed by atoms with van der Waals surface area (Å²) in [6, 6.07) is 8.76. The van der Waals surface area contributed by atoms with Gasteiger partial charge >= 0.3 is 0 Å². The van der Waals surface area contributed by atoms with Gasteiger partial charge in [0.2, 0.25) is 0 Å². The fourth-order valence-electron chi connectivity index (χ4n) is 2.00. The third-order valence-corrected chi connectivity index (χ3v) is 3.01. The normalized spacial score (nSPS) is 15.4. The number of hydrogen-bond acceptors (Lipinski definition) is 0. The Morgan fingerprint density at radius 2 is 2.00 bits per heavy atom. The predicted octanol–water partition coefficient (Wildman–Crippen LogP) is 3.67. The molecule has 0 heterocycles. The minimum atomic E-state index is 0. The smallest absolute Gasteiger partial charge is 0 e. The quantitative estimate of drug-likeness (QED) is 0.714. The third-order valence-electron chi connectivity index (χ3n) is 3.01. The average Bonchev–Trinajstić information content (AvgIpc) is 2.60. The van der Waals surface area contributed by atoms with Crippen LogP contribution in [0.25, 0.3) is 5.57 Å². The maximum Gasteiger partial charge on any atom is 0 e. The zero-order valence-corrected chi connectivity index (χ0v) is 12.5. The van der Waals surface area contributed by atoms with Gasteiger partial charge in [0.15, 0.2) is 0 Å². The standard InChI is InChI=1S/C13H16.Hf/c1-3-10(2)12-9-8-11-6-4-5-7-13(11)12;/h4-7,9-10H,3,8H2,1-2H3;. The van der Waals surface area contributed by atoms with E-state index >= 15 is 0 Å². The van der Waals surface area contributed by atoms with Crippen molar-refractivity contribution >= 4 is 5.57 Å². The summed E-state index contributed by atoms with van der Waals surface area (Å²) < 4.78 is 0. The largest absolute Gasteiger partial charge is 0.0760 e. The molecule has 0 radical (unpaired) electrons. The van der Waals surface area contributed by atoms with E-state index in [1.807, 2.05) is 0 Å². The van der Waals surface area contributed by atoms with Gasteiger partial charge in [0.1, 0.15) is 0 Å². The first-order chi connectivity index (χ1) is 6.33. The van der Waals surface area contributed by atoms with E-state index in [0.29, 0.717) is 5.92 Å². The zero-order chi connectivity index (χ0) is 9.26. The van der Waals surface area contributed by atoms with Crippen LogP contribution in [0.1, 0.15) is 31.4 Å². The maximum absolute atomic E-state index is 2.39. The molecule has 14 heavy (non-hydrogen) atoms. The van der Waals surface area contributed by atoms with E-state index in [1.165, 1.54) is 17.5 Å². The average molecular weight is 351 g/mol. The summed E-state index contributed by atoms with van der Waals surface area (Å²) in [6.45, 7) is 4.57. The molecule has 0 saturated heterocycles. The Balaban J connectivity index is 0.000000980. The predicted molar refractivity (Wildman–Crippen MR) is 57.6 cm³/mol. The van der Waals surface area contributed by atoms with Crippen molar-refractivity contribution < 1.29 is 25.8 Å². The van der Waals surface area contributed by atoms with Crippen LogP contribution in [0.3, 0.4) is 0 Å². The summed E-state index contributed by atoms with van der Waals surface area (Å²) >= 11 is 0. The first-order valence-electron chi connectivity index (χ1n) is 5.11. The van der Waals surface area contributed by atoms with E-state index in [-0.39, 0.29) is 25.8 Å². The second-order valence-corrected chi connectivity index (χ2v) is 3.83. The van der Waals surface area contributed by atoms with Crippen LogP contribution in [0.2, 0.25) is 0 Å². The molecule has 1 unspecified atom stereocenters. The Hall–Kier alpha value is -0.170. The third kappa shape index (κ3) is 2.08. The van der Waals surface area contributed by atoms with Crippen LogP contribution < -0.4 is 0 Å². The van der Waals surface area contributed by atoms with Gasteiger partial charge in [0.25, 0.3) is 0 Å². The van der Waals surface area contributed by atoms with Crippen molar-refractivity contribution in [1.82, 2.24) is 0 Å². The zero-order valence-electron chi connectivity index (χ0n) is 8.88. The molecule has 0 spiro atoms. The van der Waals surface area contributed by atoms with E-state index in [4.69, 9.17) is 0 Å². The monoisotopic (exact) mass is 352 g/mol. The summed E-state index contributed by atoms with van der Waals surface area (Å²) in [4.78, 5) is 0. The summed E-state index contributed by atoms with van der Waals surface area (Å²) in [6.07, 6.45) is 4.76. The summed E-state index contributed by atoms with van der Waals surface area (Å²) in [5.74, 6) is 0.712. The first-order valence-corrected chi connectivity index (χ1v) is 5.11. The number of fused-ring (bicyclic) bond motifs is 1. The molecule has 1 heteroatoms. The molecule has 1 aliphatic rings. The van der Waals surface area contributed by atoms with Gasteiger partial charge in [0, 0.05) is 25.8 Å². The van der Waals surface area contributed by atoms with Gasteiger partial charge in [-0.3, -0.25) is 0 Å². The number of benzene rings is 1. The first kappa shape index (κ1) is 11.9. The molecule has 72 valence electrons. The number of rotatable bonds is 2. The van der Waals surface area contributed by atoms with E-state index in [1.54, 1.807) is 5.57 Å². The molecule has 0 fully saturated rings. The van der Waals surface area contributed by atoms with Crippen molar-refractivity contribution in [3.8, 4) is 0 Å². The molecule has 1 atom stereocenters. The fraction of sp³-hybridized carbons (Fsp3) is 0.385. The van der Waals surface area contributed by atoms with Crippen molar-refractivity contribution in [1.29, 1.82) is 0 Å². The van der Waals surface area contributed by atoms with Gasteiger partial charge in [-0.1, -0.05) is 44.2 Å². The van der Waals surface area contributed by atoms with Crippen molar-refractivity contribution in [2.45, 2.75) is 26.7 Å². The molecule has 0 saturated carbocycles. The van der Waals surface area contributed by atoms with Crippen molar-refractivity contribution in [2.75, 3.05) is 0 Å². The van der Waals surface area contributed by atoms with Gasteiger partial charge in [-0.2, -0.15) is 0 Å². The van der Waals surface area contributed by atoms with E-state index in [2.05, 4.69) is 44.2 Å². The van der Waals surface area contributed by atoms with Crippen LogP contribution in [-0.2, 0) is 32.3 Å². The van der Waals surface area contributed by atoms with Gasteiger partial charge in [0.05, 0.1) is 0 Å². The SMILES string of the molecule is CCC(C)C1=CCc2ccccc21.[Hf]. The van der Waals surface area contributed by atoms with Crippen LogP contribution in [0.15, 0.2) is 30.3 Å². The Morgan fingerprint density at radius 1 is 1.29 bits per heavy atom. The molecule has 2 rings (SSSR count). The Kier molecular flexibility index (Phi) is 4.31. The van der Waals surface area contributed by atoms with Gasteiger partial charge in [-0.25, -0.2) is 0 Å². The van der Waals surface area contributed by atoms with E-state index in [9.17, 15) is 0 Å². The Bertz CT molecular complexity index is 339. The molecule has 0 N–H and O–H groups in total. The molecule has 0 amide bonds. The molecule has 1 aliphatic carbocycles. The van der Waals surface area contributed by atoms with Crippen molar-refractivity contribution in [2.24, 2.45) is 5.92 Å². The minimum Gasteiger partial charge on any atom is -0.0760 e.